The van der Waals surface area contributed by atoms with E-state index in [9.17, 15) is 9.18 Å². The second-order valence-electron chi connectivity index (χ2n) is 8.77. The molecule has 2 N–H and O–H groups in total. The first-order valence-corrected chi connectivity index (χ1v) is 10.8. The minimum absolute atomic E-state index is 0.0278. The minimum atomic E-state index is -0.745. The van der Waals surface area contributed by atoms with Crippen LogP contribution in [0.1, 0.15) is 44.2 Å². The van der Waals surface area contributed by atoms with Crippen LogP contribution >= 0.6 is 0 Å². The molecule has 30 heavy (non-hydrogen) atoms. The number of nitriles is 1. The molecule has 4 rings (SSSR count). The molecule has 6 heteroatoms. The lowest BCUT2D eigenvalue weighted by molar-refractivity contribution is -0.132. The zero-order chi connectivity index (χ0) is 21.3. The summed E-state index contributed by atoms with van der Waals surface area (Å²) in [5, 5.41) is 15.3. The number of hydrogen-bond donors (Lipinski definition) is 2. The smallest absolute Gasteiger partial charge is 0.245 e. The second-order valence-corrected chi connectivity index (χ2v) is 8.77. The number of likely N-dealkylation sites (tertiary alicyclic amines) is 1. The highest BCUT2D eigenvalue weighted by molar-refractivity contribution is 5.92. The predicted molar refractivity (Wildman–Crippen MR) is 114 cm³/mol. The fourth-order valence-electron chi connectivity index (χ4n) is 5.22. The number of likely N-dealkylation sites (N-methyl/N-ethyl adjacent to an activating group) is 1. The van der Waals surface area contributed by atoms with Gasteiger partial charge in [-0.3, -0.25) is 9.69 Å². The molecule has 1 aromatic carbocycles. The predicted octanol–water partition coefficient (Wildman–Crippen LogP) is 3.40. The zero-order valence-electron chi connectivity index (χ0n) is 17.7. The average Bonchev–Trinajstić information content (AvgIpc) is 3.01. The van der Waals surface area contributed by atoms with Gasteiger partial charge in [-0.25, -0.2) is 4.39 Å². The first kappa shape index (κ1) is 20.6. The van der Waals surface area contributed by atoms with Gasteiger partial charge in [-0.1, -0.05) is 12.1 Å². The molecular formula is C24H29FN4O. The number of amides is 1. The fraction of sp³-hybridized carbons (Fsp3) is 0.500. The van der Waals surface area contributed by atoms with Crippen LogP contribution in [0.2, 0.25) is 0 Å². The Kier molecular flexibility index (Phi) is 5.66. The normalized spacial score (nSPS) is 29.1. The summed E-state index contributed by atoms with van der Waals surface area (Å²) >= 11 is 0. The van der Waals surface area contributed by atoms with Gasteiger partial charge in [0.15, 0.2) is 0 Å². The number of allylic oxidation sites excluding steroid dienone is 2. The van der Waals surface area contributed by atoms with Crippen LogP contribution in [0.15, 0.2) is 47.6 Å². The van der Waals surface area contributed by atoms with Gasteiger partial charge in [0.05, 0.1) is 17.3 Å². The number of piperidine rings is 1. The molecule has 1 aromatic rings. The largest absolute Gasteiger partial charge is 0.384 e. The van der Waals surface area contributed by atoms with Gasteiger partial charge in [0, 0.05) is 31.1 Å². The molecule has 2 unspecified atom stereocenters. The summed E-state index contributed by atoms with van der Waals surface area (Å²) in [4.78, 5) is 15.4. The molecule has 1 amide bonds. The summed E-state index contributed by atoms with van der Waals surface area (Å²) in [7, 11) is 0. The SMILES string of the molecule is CCNC1=C2NC(=O)C(C)(N3CCC[C@@H](Cc4ccc(C#N)cc4)C3)C2CC(F)=C1. The molecule has 0 spiro atoms. The Morgan fingerprint density at radius 3 is 2.83 bits per heavy atom. The Balaban J connectivity index is 1.54. The van der Waals surface area contributed by atoms with Crippen molar-refractivity contribution in [2.45, 2.75) is 45.1 Å². The molecule has 2 aliphatic heterocycles. The van der Waals surface area contributed by atoms with Crippen molar-refractivity contribution in [2.24, 2.45) is 11.8 Å². The number of benzene rings is 1. The monoisotopic (exact) mass is 408 g/mol. The maximum atomic E-state index is 14.5. The van der Waals surface area contributed by atoms with Crippen molar-refractivity contribution in [3.8, 4) is 6.07 Å². The van der Waals surface area contributed by atoms with Gasteiger partial charge >= 0.3 is 0 Å². The second kappa shape index (κ2) is 8.23. The standard InChI is InChI=1S/C24H29FN4O/c1-3-27-21-13-19(25)12-20-22(21)28-23(30)24(20,2)29-10-4-5-18(15-29)11-16-6-8-17(14-26)9-7-16/h6-9,13,18,20,27H,3-5,10-12,15H2,1-2H3,(H,28,30)/t18-,20?,24?/m0/s1. The molecule has 2 heterocycles. The number of nitrogens with one attached hydrogen (secondary N) is 2. The number of halogens is 1. The van der Waals surface area contributed by atoms with E-state index in [1.54, 1.807) is 0 Å². The van der Waals surface area contributed by atoms with Crippen molar-refractivity contribution in [2.75, 3.05) is 19.6 Å². The highest BCUT2D eigenvalue weighted by Crippen LogP contribution is 2.44. The quantitative estimate of drug-likeness (QED) is 0.784. The molecule has 3 aliphatic rings. The van der Waals surface area contributed by atoms with Crippen molar-refractivity contribution in [3.63, 3.8) is 0 Å². The van der Waals surface area contributed by atoms with Crippen molar-refractivity contribution in [3.05, 3.63) is 58.7 Å². The Morgan fingerprint density at radius 1 is 1.37 bits per heavy atom. The third-order valence-corrected chi connectivity index (χ3v) is 6.88. The molecular weight excluding hydrogens is 379 g/mol. The zero-order valence-corrected chi connectivity index (χ0v) is 17.7. The lowest BCUT2D eigenvalue weighted by atomic mass is 9.77. The van der Waals surface area contributed by atoms with Gasteiger partial charge in [-0.05, 0) is 69.3 Å². The van der Waals surface area contributed by atoms with Crippen LogP contribution in [0.25, 0.3) is 0 Å². The highest BCUT2D eigenvalue weighted by atomic mass is 19.1. The van der Waals surface area contributed by atoms with Gasteiger partial charge in [-0.2, -0.15) is 5.26 Å². The Bertz CT molecular complexity index is 930. The molecule has 0 bridgehead atoms. The maximum Gasteiger partial charge on any atom is 0.245 e. The van der Waals surface area contributed by atoms with E-state index in [0.29, 0.717) is 23.7 Å². The third-order valence-electron chi connectivity index (χ3n) is 6.88. The molecule has 0 saturated carbocycles. The number of carbonyl (C=O) groups is 1. The first-order valence-electron chi connectivity index (χ1n) is 10.8. The van der Waals surface area contributed by atoms with Gasteiger partial charge < -0.3 is 10.6 Å². The van der Waals surface area contributed by atoms with Crippen molar-refractivity contribution >= 4 is 5.91 Å². The van der Waals surface area contributed by atoms with E-state index in [1.165, 1.54) is 11.6 Å². The lowest BCUT2D eigenvalue weighted by Gasteiger charge is -2.45. The van der Waals surface area contributed by atoms with Crippen LogP contribution < -0.4 is 10.6 Å². The molecule has 3 atom stereocenters. The third kappa shape index (κ3) is 3.63. The van der Waals surface area contributed by atoms with Crippen LogP contribution in [0.5, 0.6) is 0 Å². The minimum Gasteiger partial charge on any atom is -0.384 e. The van der Waals surface area contributed by atoms with Gasteiger partial charge in [0.25, 0.3) is 0 Å². The molecule has 2 fully saturated rings. The first-order chi connectivity index (χ1) is 14.5. The fourth-order valence-corrected chi connectivity index (χ4v) is 5.22. The van der Waals surface area contributed by atoms with E-state index in [4.69, 9.17) is 5.26 Å². The summed E-state index contributed by atoms with van der Waals surface area (Å²) in [6, 6.07) is 9.92. The summed E-state index contributed by atoms with van der Waals surface area (Å²) in [6.07, 6.45) is 4.83. The topological polar surface area (TPSA) is 68.2 Å². The van der Waals surface area contributed by atoms with Gasteiger partial charge in [0.2, 0.25) is 5.91 Å². The summed E-state index contributed by atoms with van der Waals surface area (Å²) in [6.45, 7) is 6.29. The van der Waals surface area contributed by atoms with E-state index in [1.807, 2.05) is 38.1 Å². The van der Waals surface area contributed by atoms with E-state index in [0.717, 1.165) is 38.0 Å². The summed E-state index contributed by atoms with van der Waals surface area (Å²) < 4.78 is 14.5. The molecule has 2 saturated heterocycles. The van der Waals surface area contributed by atoms with Crippen LogP contribution in [0.3, 0.4) is 0 Å². The summed E-state index contributed by atoms with van der Waals surface area (Å²) in [5.41, 5.74) is 2.67. The number of fused-ring (bicyclic) bond motifs is 1. The number of nitrogens with zero attached hydrogens (tertiary/aromatic N) is 2. The Labute approximate surface area is 177 Å². The summed E-state index contributed by atoms with van der Waals surface area (Å²) in [5.74, 6) is 0.0351. The molecule has 5 nitrogen and oxygen atoms in total. The molecule has 158 valence electrons. The molecule has 1 aliphatic carbocycles. The van der Waals surface area contributed by atoms with Gasteiger partial charge in [0.1, 0.15) is 11.4 Å². The van der Waals surface area contributed by atoms with Crippen molar-refractivity contribution in [1.29, 1.82) is 5.26 Å². The Hall–Kier alpha value is -2.65. The molecule has 0 aromatic heterocycles. The van der Waals surface area contributed by atoms with Crippen molar-refractivity contribution in [1.82, 2.24) is 15.5 Å². The van der Waals surface area contributed by atoms with E-state index in [2.05, 4.69) is 21.6 Å². The Morgan fingerprint density at radius 2 is 2.13 bits per heavy atom. The van der Waals surface area contributed by atoms with Crippen LogP contribution in [0.4, 0.5) is 4.39 Å². The lowest BCUT2D eigenvalue weighted by Crippen LogP contribution is -2.58. The van der Waals surface area contributed by atoms with Crippen LogP contribution in [-0.2, 0) is 11.2 Å². The van der Waals surface area contributed by atoms with E-state index < -0.39 is 5.54 Å². The number of rotatable bonds is 5. The molecule has 0 radical (unpaired) electrons. The average molecular weight is 409 g/mol. The van der Waals surface area contributed by atoms with E-state index in [-0.39, 0.29) is 24.1 Å². The van der Waals surface area contributed by atoms with Gasteiger partial charge in [-0.15, -0.1) is 0 Å². The number of carbonyl (C=O) groups excluding carboxylic acids is 1. The van der Waals surface area contributed by atoms with E-state index >= 15 is 0 Å². The highest BCUT2D eigenvalue weighted by Gasteiger charge is 2.55. The van der Waals surface area contributed by atoms with Crippen LogP contribution in [0, 0.1) is 23.2 Å². The maximum absolute atomic E-state index is 14.5. The van der Waals surface area contributed by atoms with Crippen LogP contribution in [-0.4, -0.2) is 36.0 Å². The van der Waals surface area contributed by atoms with Crippen molar-refractivity contribution < 1.29 is 9.18 Å². The number of hydrogen-bond acceptors (Lipinski definition) is 4.